The number of sulfonamides is 1. The number of aliphatic hydroxyl groups excluding tert-OH is 1. The number of hydrogen-bond acceptors (Lipinski definition) is 5. The fourth-order valence-corrected chi connectivity index (χ4v) is 4.61. The summed E-state index contributed by atoms with van der Waals surface area (Å²) in [5, 5.41) is 9.09. The number of pyridine rings is 1. The van der Waals surface area contributed by atoms with Gasteiger partial charge in [0.2, 0.25) is 10.0 Å². The molecule has 0 aliphatic carbocycles. The smallest absolute Gasteiger partial charge is 0.242 e. The molecule has 2 heterocycles. The van der Waals surface area contributed by atoms with E-state index in [0.717, 1.165) is 5.56 Å². The maximum absolute atomic E-state index is 12.4. The van der Waals surface area contributed by atoms with Gasteiger partial charge in [-0.25, -0.2) is 13.1 Å². The van der Waals surface area contributed by atoms with Crippen LogP contribution in [0.25, 0.3) is 0 Å². The van der Waals surface area contributed by atoms with Crippen LogP contribution in [0.4, 0.5) is 0 Å². The average Bonchev–Trinajstić information content (AvgIpc) is 2.81. The maximum atomic E-state index is 12.4. The van der Waals surface area contributed by atoms with E-state index in [4.69, 9.17) is 5.11 Å². The fourth-order valence-electron chi connectivity index (χ4n) is 1.89. The molecule has 7 heteroatoms. The molecule has 0 saturated carbocycles. The molecule has 0 aliphatic rings. The van der Waals surface area contributed by atoms with E-state index in [1.165, 1.54) is 17.4 Å². The highest BCUT2D eigenvalue weighted by molar-refractivity contribution is 7.89. The molecule has 0 spiro atoms. The highest BCUT2D eigenvalue weighted by atomic mass is 32.2. The molecule has 1 unspecified atom stereocenters. The summed E-state index contributed by atoms with van der Waals surface area (Å²) in [4.78, 5) is 5.44. The molecule has 2 N–H and O–H groups in total. The molecule has 5 nitrogen and oxygen atoms in total. The van der Waals surface area contributed by atoms with Crippen LogP contribution in [0.5, 0.6) is 0 Å². The van der Waals surface area contributed by atoms with E-state index in [9.17, 15) is 8.42 Å². The molecule has 108 valence electrons. The summed E-state index contributed by atoms with van der Waals surface area (Å²) in [5.74, 6) is 0. The van der Waals surface area contributed by atoms with Crippen molar-refractivity contribution in [2.24, 2.45) is 0 Å². The summed E-state index contributed by atoms with van der Waals surface area (Å²) in [7, 11) is -3.60. The van der Waals surface area contributed by atoms with Gasteiger partial charge in [0.15, 0.2) is 0 Å². The van der Waals surface area contributed by atoms with E-state index in [2.05, 4.69) is 9.71 Å². The fraction of sp³-hybridized carbons (Fsp3) is 0.308. The summed E-state index contributed by atoms with van der Waals surface area (Å²) in [5.41, 5.74) is 0.846. The van der Waals surface area contributed by atoms with Gasteiger partial charge in [0.1, 0.15) is 0 Å². The Kier molecular flexibility index (Phi) is 4.54. The standard InChI is InChI=1S/C13H16N2O3S2/c1-9(11-3-5-14-6-4-11)15-20(17,18)13-7-12(8-16)19-10(13)2/h3-7,9,15-16H,8H2,1-2H3. The summed E-state index contributed by atoms with van der Waals surface area (Å²) < 4.78 is 27.4. The van der Waals surface area contributed by atoms with Crippen molar-refractivity contribution in [2.75, 3.05) is 0 Å². The van der Waals surface area contributed by atoms with Gasteiger partial charge in [-0.1, -0.05) is 0 Å². The van der Waals surface area contributed by atoms with E-state index < -0.39 is 10.0 Å². The lowest BCUT2D eigenvalue weighted by molar-refractivity contribution is 0.285. The minimum absolute atomic E-state index is 0.152. The first-order valence-electron chi connectivity index (χ1n) is 6.06. The molecular formula is C13H16N2O3S2. The van der Waals surface area contributed by atoms with Crippen LogP contribution < -0.4 is 4.72 Å². The Hall–Kier alpha value is -1.28. The molecule has 1 atom stereocenters. The molecule has 0 amide bonds. The predicted octanol–water partition coefficient (Wildman–Crippen LogP) is 1.98. The second-order valence-corrected chi connectivity index (χ2v) is 7.44. The topological polar surface area (TPSA) is 79.3 Å². The Bertz CT molecular complexity index is 681. The minimum atomic E-state index is -3.60. The quantitative estimate of drug-likeness (QED) is 0.885. The maximum Gasteiger partial charge on any atom is 0.242 e. The van der Waals surface area contributed by atoms with Crippen molar-refractivity contribution in [1.82, 2.24) is 9.71 Å². The lowest BCUT2D eigenvalue weighted by atomic mass is 10.1. The minimum Gasteiger partial charge on any atom is -0.391 e. The molecular weight excluding hydrogens is 296 g/mol. The Morgan fingerprint density at radius 1 is 1.40 bits per heavy atom. The van der Waals surface area contributed by atoms with Gasteiger partial charge >= 0.3 is 0 Å². The summed E-state index contributed by atoms with van der Waals surface area (Å²) >= 11 is 1.28. The van der Waals surface area contributed by atoms with Crippen LogP contribution in [0.2, 0.25) is 0 Å². The number of thiophene rings is 1. The van der Waals surface area contributed by atoms with Crippen molar-refractivity contribution in [3.63, 3.8) is 0 Å². The van der Waals surface area contributed by atoms with E-state index in [0.29, 0.717) is 9.75 Å². The molecule has 0 bridgehead atoms. The van der Waals surface area contributed by atoms with Crippen LogP contribution in [0.3, 0.4) is 0 Å². The van der Waals surface area contributed by atoms with Crippen molar-refractivity contribution in [3.05, 3.63) is 45.9 Å². The molecule has 0 fully saturated rings. The molecule has 2 rings (SSSR count). The third-order valence-corrected chi connectivity index (χ3v) is 5.74. The number of nitrogens with one attached hydrogen (secondary N) is 1. The Morgan fingerprint density at radius 2 is 2.05 bits per heavy atom. The van der Waals surface area contributed by atoms with Gasteiger partial charge in [-0.3, -0.25) is 4.98 Å². The molecule has 2 aromatic heterocycles. The molecule has 2 aromatic rings. The van der Waals surface area contributed by atoms with Gasteiger partial charge < -0.3 is 5.11 Å². The Morgan fingerprint density at radius 3 is 2.60 bits per heavy atom. The van der Waals surface area contributed by atoms with Crippen LogP contribution in [0, 0.1) is 6.92 Å². The number of aryl methyl sites for hydroxylation is 1. The molecule has 20 heavy (non-hydrogen) atoms. The van der Waals surface area contributed by atoms with Crippen molar-refractivity contribution in [2.45, 2.75) is 31.4 Å². The van der Waals surface area contributed by atoms with Crippen LogP contribution >= 0.6 is 11.3 Å². The van der Waals surface area contributed by atoms with Gasteiger partial charge in [0.05, 0.1) is 11.5 Å². The van der Waals surface area contributed by atoms with Crippen molar-refractivity contribution < 1.29 is 13.5 Å². The van der Waals surface area contributed by atoms with Crippen LogP contribution in [0.15, 0.2) is 35.5 Å². The number of aromatic nitrogens is 1. The van der Waals surface area contributed by atoms with Crippen molar-refractivity contribution >= 4 is 21.4 Å². The predicted molar refractivity (Wildman–Crippen MR) is 78.0 cm³/mol. The van der Waals surface area contributed by atoms with Gasteiger partial charge in [-0.15, -0.1) is 11.3 Å². The van der Waals surface area contributed by atoms with Crippen LogP contribution in [-0.4, -0.2) is 18.5 Å². The average molecular weight is 312 g/mol. The lowest BCUT2D eigenvalue weighted by Gasteiger charge is -2.14. The van der Waals surface area contributed by atoms with E-state index in [1.807, 2.05) is 0 Å². The highest BCUT2D eigenvalue weighted by Gasteiger charge is 2.22. The SMILES string of the molecule is Cc1sc(CO)cc1S(=O)(=O)NC(C)c1ccncc1. The molecule has 0 saturated heterocycles. The van der Waals surface area contributed by atoms with Crippen LogP contribution in [0.1, 0.15) is 28.3 Å². The van der Waals surface area contributed by atoms with Gasteiger partial charge in [0, 0.05) is 28.2 Å². The van der Waals surface area contributed by atoms with Gasteiger partial charge in [-0.2, -0.15) is 0 Å². The zero-order valence-electron chi connectivity index (χ0n) is 11.2. The Labute approximate surface area is 122 Å². The third kappa shape index (κ3) is 3.24. The summed E-state index contributed by atoms with van der Waals surface area (Å²) in [6.45, 7) is 3.36. The van der Waals surface area contributed by atoms with E-state index in [-0.39, 0.29) is 17.5 Å². The zero-order chi connectivity index (χ0) is 14.8. The van der Waals surface area contributed by atoms with Crippen molar-refractivity contribution in [3.8, 4) is 0 Å². The first-order chi connectivity index (χ1) is 9.44. The lowest BCUT2D eigenvalue weighted by Crippen LogP contribution is -2.27. The number of aliphatic hydroxyl groups is 1. The van der Waals surface area contributed by atoms with E-state index in [1.54, 1.807) is 38.4 Å². The summed E-state index contributed by atoms with van der Waals surface area (Å²) in [6, 6.07) is 4.71. The third-order valence-electron chi connectivity index (χ3n) is 2.91. The van der Waals surface area contributed by atoms with Crippen LogP contribution in [-0.2, 0) is 16.6 Å². The van der Waals surface area contributed by atoms with Crippen molar-refractivity contribution in [1.29, 1.82) is 0 Å². The summed E-state index contributed by atoms with van der Waals surface area (Å²) in [6.07, 6.45) is 3.25. The first kappa shape index (κ1) is 15.1. The second-order valence-electron chi connectivity index (χ2n) is 4.41. The number of nitrogens with zero attached hydrogens (tertiary/aromatic N) is 1. The monoisotopic (exact) mass is 312 g/mol. The molecule has 0 radical (unpaired) electrons. The highest BCUT2D eigenvalue weighted by Crippen LogP contribution is 2.27. The second kappa shape index (κ2) is 6.01. The van der Waals surface area contributed by atoms with E-state index >= 15 is 0 Å². The first-order valence-corrected chi connectivity index (χ1v) is 8.36. The zero-order valence-corrected chi connectivity index (χ0v) is 12.8. The Balaban J connectivity index is 2.25. The normalized spacial score (nSPS) is 13.3. The van der Waals surface area contributed by atoms with Gasteiger partial charge in [-0.05, 0) is 37.6 Å². The number of hydrogen-bond donors (Lipinski definition) is 2. The largest absolute Gasteiger partial charge is 0.391 e. The number of rotatable bonds is 5. The molecule has 0 aliphatic heterocycles. The van der Waals surface area contributed by atoms with Gasteiger partial charge in [0.25, 0.3) is 0 Å². The molecule has 0 aromatic carbocycles.